The second-order valence-corrected chi connectivity index (χ2v) is 7.01. The molecule has 0 bridgehead atoms. The highest BCUT2D eigenvalue weighted by atomic mass is 32.1. The standard InChI is InChI=1S/C16H25N3O2S/c1-12(2)15(20)18-6-4-7-19(9-8-18)16(21)17-11-14-13(3)5-10-22-14/h5,10,12H,4,6-9,11H2,1-3H3,(H,17,21). The Morgan fingerprint density at radius 2 is 1.91 bits per heavy atom. The lowest BCUT2D eigenvalue weighted by Crippen LogP contribution is -2.42. The van der Waals surface area contributed by atoms with Gasteiger partial charge in [0.05, 0.1) is 6.54 Å². The number of hydrogen-bond acceptors (Lipinski definition) is 3. The summed E-state index contributed by atoms with van der Waals surface area (Å²) in [5.41, 5.74) is 1.22. The first-order chi connectivity index (χ1) is 10.5. The van der Waals surface area contributed by atoms with E-state index in [1.165, 1.54) is 10.4 Å². The summed E-state index contributed by atoms with van der Waals surface area (Å²) in [4.78, 5) is 29.2. The highest BCUT2D eigenvalue weighted by Gasteiger charge is 2.23. The van der Waals surface area contributed by atoms with Crippen LogP contribution < -0.4 is 5.32 Å². The zero-order valence-electron chi connectivity index (χ0n) is 13.6. The first-order valence-corrected chi connectivity index (χ1v) is 8.71. The molecule has 22 heavy (non-hydrogen) atoms. The molecule has 1 aliphatic heterocycles. The monoisotopic (exact) mass is 323 g/mol. The zero-order chi connectivity index (χ0) is 16.1. The molecule has 0 unspecified atom stereocenters. The Bertz CT molecular complexity index is 527. The summed E-state index contributed by atoms with van der Waals surface area (Å²) in [5.74, 6) is 0.193. The first-order valence-electron chi connectivity index (χ1n) is 7.83. The van der Waals surface area contributed by atoms with Gasteiger partial charge in [0.25, 0.3) is 0 Å². The second kappa shape index (κ2) is 7.63. The van der Waals surface area contributed by atoms with Gasteiger partial charge in [-0.3, -0.25) is 4.79 Å². The number of aryl methyl sites for hydroxylation is 1. The first kappa shape index (κ1) is 16.8. The molecule has 1 aliphatic rings. The molecule has 1 saturated heterocycles. The fraction of sp³-hybridized carbons (Fsp3) is 0.625. The van der Waals surface area contributed by atoms with Crippen LogP contribution in [0.1, 0.15) is 30.7 Å². The molecule has 1 aromatic heterocycles. The lowest BCUT2D eigenvalue weighted by Gasteiger charge is -2.23. The maximum atomic E-state index is 12.3. The van der Waals surface area contributed by atoms with Crippen molar-refractivity contribution in [3.63, 3.8) is 0 Å². The summed E-state index contributed by atoms with van der Waals surface area (Å²) < 4.78 is 0. The number of nitrogens with one attached hydrogen (secondary N) is 1. The Labute approximate surface area is 136 Å². The van der Waals surface area contributed by atoms with Crippen molar-refractivity contribution in [1.29, 1.82) is 0 Å². The number of rotatable bonds is 3. The maximum absolute atomic E-state index is 12.3. The Hall–Kier alpha value is -1.56. The van der Waals surface area contributed by atoms with Crippen molar-refractivity contribution in [3.8, 4) is 0 Å². The van der Waals surface area contributed by atoms with Crippen LogP contribution in [0.3, 0.4) is 0 Å². The third kappa shape index (κ3) is 4.22. The maximum Gasteiger partial charge on any atom is 0.317 e. The molecule has 1 aromatic rings. The van der Waals surface area contributed by atoms with Crippen molar-refractivity contribution in [3.05, 3.63) is 21.9 Å². The van der Waals surface area contributed by atoms with Crippen LogP contribution in [0, 0.1) is 12.8 Å². The largest absolute Gasteiger partial charge is 0.341 e. The third-order valence-corrected chi connectivity index (χ3v) is 4.98. The number of nitrogens with zero attached hydrogens (tertiary/aromatic N) is 2. The average Bonchev–Trinajstić information content (AvgIpc) is 2.75. The van der Waals surface area contributed by atoms with Crippen LogP contribution in [0.25, 0.3) is 0 Å². The second-order valence-electron chi connectivity index (χ2n) is 6.01. The molecule has 2 rings (SSSR count). The summed E-state index contributed by atoms with van der Waals surface area (Å²) in [6.07, 6.45) is 0.837. The Morgan fingerprint density at radius 1 is 1.23 bits per heavy atom. The van der Waals surface area contributed by atoms with E-state index >= 15 is 0 Å². The predicted molar refractivity (Wildman–Crippen MR) is 88.9 cm³/mol. The number of amides is 3. The van der Waals surface area contributed by atoms with E-state index < -0.39 is 0 Å². The SMILES string of the molecule is Cc1ccsc1CNC(=O)N1CCCN(C(=O)C(C)C)CC1. The average molecular weight is 323 g/mol. The van der Waals surface area contributed by atoms with Crippen LogP contribution in [-0.2, 0) is 11.3 Å². The fourth-order valence-corrected chi connectivity index (χ4v) is 3.40. The lowest BCUT2D eigenvalue weighted by molar-refractivity contribution is -0.134. The fourth-order valence-electron chi connectivity index (χ4n) is 2.56. The highest BCUT2D eigenvalue weighted by molar-refractivity contribution is 7.10. The summed E-state index contributed by atoms with van der Waals surface area (Å²) in [6, 6.07) is 2.03. The molecular weight excluding hydrogens is 298 g/mol. The molecule has 0 saturated carbocycles. The molecule has 0 spiro atoms. The smallest absolute Gasteiger partial charge is 0.317 e. The van der Waals surface area contributed by atoms with Crippen LogP contribution in [0.5, 0.6) is 0 Å². The van der Waals surface area contributed by atoms with Gasteiger partial charge in [0.15, 0.2) is 0 Å². The molecule has 5 nitrogen and oxygen atoms in total. The van der Waals surface area contributed by atoms with Gasteiger partial charge in [-0.05, 0) is 30.4 Å². The van der Waals surface area contributed by atoms with Crippen molar-refractivity contribution in [2.75, 3.05) is 26.2 Å². The predicted octanol–water partition coefficient (Wildman–Crippen LogP) is 2.46. The van der Waals surface area contributed by atoms with E-state index in [4.69, 9.17) is 0 Å². The quantitative estimate of drug-likeness (QED) is 0.929. The third-order valence-electron chi connectivity index (χ3n) is 3.96. The van der Waals surface area contributed by atoms with Crippen molar-refractivity contribution in [2.24, 2.45) is 5.92 Å². The van der Waals surface area contributed by atoms with Gasteiger partial charge < -0.3 is 15.1 Å². The Balaban J connectivity index is 1.84. The van der Waals surface area contributed by atoms with Crippen LogP contribution in [0.4, 0.5) is 4.79 Å². The zero-order valence-corrected chi connectivity index (χ0v) is 14.4. The molecular formula is C16H25N3O2S. The summed E-state index contributed by atoms with van der Waals surface area (Å²) in [6.45, 7) is 9.15. The number of carbonyl (C=O) groups excluding carboxylic acids is 2. The van der Waals surface area contributed by atoms with Crippen LogP contribution in [-0.4, -0.2) is 47.9 Å². The Kier molecular flexibility index (Phi) is 5.83. The number of urea groups is 1. The van der Waals surface area contributed by atoms with Crippen molar-refractivity contribution >= 4 is 23.3 Å². The van der Waals surface area contributed by atoms with E-state index in [0.29, 0.717) is 26.2 Å². The van der Waals surface area contributed by atoms with Gasteiger partial charge in [-0.25, -0.2) is 4.79 Å². The molecule has 0 aliphatic carbocycles. The number of hydrogen-bond donors (Lipinski definition) is 1. The van der Waals surface area contributed by atoms with Gasteiger partial charge >= 0.3 is 6.03 Å². The molecule has 0 atom stereocenters. The summed E-state index contributed by atoms with van der Waals surface area (Å²) in [5, 5.41) is 5.02. The van der Waals surface area contributed by atoms with E-state index in [0.717, 1.165) is 13.0 Å². The van der Waals surface area contributed by atoms with Gasteiger partial charge in [0.2, 0.25) is 5.91 Å². The number of thiophene rings is 1. The van der Waals surface area contributed by atoms with Crippen LogP contribution in [0.2, 0.25) is 0 Å². The molecule has 1 N–H and O–H groups in total. The van der Waals surface area contributed by atoms with Crippen LogP contribution >= 0.6 is 11.3 Å². The lowest BCUT2D eigenvalue weighted by atomic mass is 10.2. The Morgan fingerprint density at radius 3 is 2.55 bits per heavy atom. The molecule has 122 valence electrons. The number of carbonyl (C=O) groups is 2. The molecule has 2 heterocycles. The molecule has 1 fully saturated rings. The van der Waals surface area contributed by atoms with E-state index in [1.54, 1.807) is 11.3 Å². The van der Waals surface area contributed by atoms with Gasteiger partial charge in [0.1, 0.15) is 0 Å². The van der Waals surface area contributed by atoms with Crippen molar-refractivity contribution < 1.29 is 9.59 Å². The van der Waals surface area contributed by atoms with Gasteiger partial charge in [-0.1, -0.05) is 13.8 Å². The minimum absolute atomic E-state index is 0.0159. The topological polar surface area (TPSA) is 52.7 Å². The van der Waals surface area contributed by atoms with Crippen molar-refractivity contribution in [2.45, 2.75) is 33.7 Å². The van der Waals surface area contributed by atoms with E-state index in [9.17, 15) is 9.59 Å². The molecule has 0 radical (unpaired) electrons. The highest BCUT2D eigenvalue weighted by Crippen LogP contribution is 2.15. The van der Waals surface area contributed by atoms with E-state index in [-0.39, 0.29) is 17.9 Å². The normalized spacial score (nSPS) is 15.8. The van der Waals surface area contributed by atoms with Crippen LogP contribution in [0.15, 0.2) is 11.4 Å². The van der Waals surface area contributed by atoms with E-state index in [1.807, 2.05) is 29.0 Å². The van der Waals surface area contributed by atoms with E-state index in [2.05, 4.69) is 18.3 Å². The summed E-state index contributed by atoms with van der Waals surface area (Å²) >= 11 is 1.66. The molecule has 3 amide bonds. The van der Waals surface area contributed by atoms with Gasteiger partial charge in [-0.15, -0.1) is 11.3 Å². The minimum atomic E-state index is -0.0355. The molecule has 6 heteroatoms. The molecule has 0 aromatic carbocycles. The minimum Gasteiger partial charge on any atom is -0.341 e. The van der Waals surface area contributed by atoms with Gasteiger partial charge in [0, 0.05) is 37.0 Å². The summed E-state index contributed by atoms with van der Waals surface area (Å²) in [7, 11) is 0. The van der Waals surface area contributed by atoms with Gasteiger partial charge in [-0.2, -0.15) is 0 Å². The van der Waals surface area contributed by atoms with Crippen molar-refractivity contribution in [1.82, 2.24) is 15.1 Å².